The van der Waals surface area contributed by atoms with Gasteiger partial charge in [0.1, 0.15) is 17.4 Å². The second-order valence-corrected chi connectivity index (χ2v) is 4.68. The highest BCUT2D eigenvalue weighted by Gasteiger charge is 2.14. The van der Waals surface area contributed by atoms with Gasteiger partial charge in [0, 0.05) is 11.6 Å². The van der Waals surface area contributed by atoms with Gasteiger partial charge in [0.2, 0.25) is 0 Å². The number of hydrogen-bond donors (Lipinski definition) is 1. The minimum absolute atomic E-state index is 0.0369. The van der Waals surface area contributed by atoms with Crippen LogP contribution in [0.25, 0.3) is 0 Å². The van der Waals surface area contributed by atoms with Crippen molar-refractivity contribution in [3.63, 3.8) is 0 Å². The topological polar surface area (TPSA) is 35.2 Å². The van der Waals surface area contributed by atoms with E-state index in [9.17, 15) is 8.78 Å². The third-order valence-electron chi connectivity index (χ3n) is 3.20. The van der Waals surface area contributed by atoms with Gasteiger partial charge in [-0.05, 0) is 36.6 Å². The minimum Gasteiger partial charge on any atom is -0.496 e. The summed E-state index contributed by atoms with van der Waals surface area (Å²) < 4.78 is 32.4. The molecular formula is C16H17F2NO. The van der Waals surface area contributed by atoms with E-state index in [1.807, 2.05) is 24.3 Å². The third-order valence-corrected chi connectivity index (χ3v) is 3.20. The van der Waals surface area contributed by atoms with Crippen LogP contribution >= 0.6 is 0 Å². The average molecular weight is 277 g/mol. The number of methoxy groups -OCH3 is 1. The van der Waals surface area contributed by atoms with Gasteiger partial charge in [-0.25, -0.2) is 8.78 Å². The molecule has 0 radical (unpaired) electrons. The van der Waals surface area contributed by atoms with Crippen molar-refractivity contribution < 1.29 is 13.5 Å². The van der Waals surface area contributed by atoms with Crippen LogP contribution in [0, 0.1) is 11.6 Å². The maximum Gasteiger partial charge on any atom is 0.129 e. The summed E-state index contributed by atoms with van der Waals surface area (Å²) in [6.45, 7) is 0. The van der Waals surface area contributed by atoms with Crippen molar-refractivity contribution in [1.82, 2.24) is 0 Å². The van der Waals surface area contributed by atoms with E-state index >= 15 is 0 Å². The van der Waals surface area contributed by atoms with E-state index in [4.69, 9.17) is 10.5 Å². The van der Waals surface area contributed by atoms with Crippen LogP contribution in [-0.4, -0.2) is 13.2 Å². The van der Waals surface area contributed by atoms with Gasteiger partial charge in [-0.3, -0.25) is 0 Å². The zero-order valence-electron chi connectivity index (χ0n) is 11.3. The van der Waals surface area contributed by atoms with Crippen molar-refractivity contribution in [2.45, 2.75) is 18.9 Å². The van der Waals surface area contributed by atoms with Gasteiger partial charge in [0.25, 0.3) is 0 Å². The molecule has 106 valence electrons. The summed E-state index contributed by atoms with van der Waals surface area (Å²) in [6, 6.07) is 10.9. The van der Waals surface area contributed by atoms with Crippen LogP contribution in [0.3, 0.4) is 0 Å². The summed E-state index contributed by atoms with van der Waals surface area (Å²) in [5.41, 5.74) is 6.98. The normalized spacial score (nSPS) is 12.2. The molecule has 0 aliphatic heterocycles. The Labute approximate surface area is 117 Å². The summed E-state index contributed by atoms with van der Waals surface area (Å²) in [5, 5.41) is 0. The van der Waals surface area contributed by atoms with E-state index < -0.39 is 11.6 Å². The first-order valence-corrected chi connectivity index (χ1v) is 6.42. The van der Waals surface area contributed by atoms with E-state index in [1.165, 1.54) is 18.2 Å². The highest BCUT2D eigenvalue weighted by molar-refractivity contribution is 5.34. The molecule has 0 aliphatic carbocycles. The first-order chi connectivity index (χ1) is 9.61. The van der Waals surface area contributed by atoms with Crippen molar-refractivity contribution in [1.29, 1.82) is 0 Å². The molecule has 1 unspecified atom stereocenters. The van der Waals surface area contributed by atoms with Crippen molar-refractivity contribution in [3.8, 4) is 5.75 Å². The van der Waals surface area contributed by atoms with Crippen LogP contribution in [0.4, 0.5) is 8.78 Å². The van der Waals surface area contributed by atoms with Gasteiger partial charge >= 0.3 is 0 Å². The van der Waals surface area contributed by atoms with Crippen molar-refractivity contribution >= 4 is 0 Å². The maximum atomic E-state index is 13.6. The Morgan fingerprint density at radius 2 is 1.65 bits per heavy atom. The lowest BCUT2D eigenvalue weighted by Gasteiger charge is -2.15. The fourth-order valence-electron chi connectivity index (χ4n) is 2.22. The van der Waals surface area contributed by atoms with Gasteiger partial charge < -0.3 is 10.5 Å². The van der Waals surface area contributed by atoms with E-state index in [-0.39, 0.29) is 18.0 Å². The Balaban J connectivity index is 2.11. The second kappa shape index (κ2) is 6.48. The molecule has 2 aromatic carbocycles. The largest absolute Gasteiger partial charge is 0.496 e. The molecule has 0 aliphatic rings. The highest BCUT2D eigenvalue weighted by Crippen LogP contribution is 2.20. The zero-order valence-corrected chi connectivity index (χ0v) is 11.3. The van der Waals surface area contributed by atoms with Gasteiger partial charge in [0.15, 0.2) is 0 Å². The number of hydrogen-bond acceptors (Lipinski definition) is 2. The predicted molar refractivity (Wildman–Crippen MR) is 74.7 cm³/mol. The van der Waals surface area contributed by atoms with Crippen LogP contribution in [0.2, 0.25) is 0 Å². The fraction of sp³-hybridized carbons (Fsp3) is 0.250. The zero-order chi connectivity index (χ0) is 14.5. The number of nitrogens with two attached hydrogens (primary N) is 1. The molecule has 0 bridgehead atoms. The molecule has 0 heterocycles. The Morgan fingerprint density at radius 1 is 1.00 bits per heavy atom. The molecule has 4 heteroatoms. The maximum absolute atomic E-state index is 13.6. The van der Waals surface area contributed by atoms with Crippen molar-refractivity contribution in [3.05, 3.63) is 65.2 Å². The van der Waals surface area contributed by atoms with Crippen LogP contribution < -0.4 is 10.5 Å². The van der Waals surface area contributed by atoms with E-state index in [2.05, 4.69) is 0 Å². The smallest absolute Gasteiger partial charge is 0.129 e. The molecule has 2 aromatic rings. The summed E-state index contributed by atoms with van der Waals surface area (Å²) in [7, 11) is 1.58. The summed E-state index contributed by atoms with van der Waals surface area (Å²) in [5.74, 6) is -0.377. The molecule has 0 saturated carbocycles. The Kier molecular flexibility index (Phi) is 4.69. The minimum atomic E-state index is -0.555. The van der Waals surface area contributed by atoms with Gasteiger partial charge in [-0.2, -0.15) is 0 Å². The Hall–Kier alpha value is -1.94. The third kappa shape index (κ3) is 3.33. The molecule has 0 saturated heterocycles. The van der Waals surface area contributed by atoms with Gasteiger partial charge in [0.05, 0.1) is 7.11 Å². The van der Waals surface area contributed by atoms with Gasteiger partial charge in [-0.1, -0.05) is 24.3 Å². The van der Waals surface area contributed by atoms with Crippen LogP contribution in [-0.2, 0) is 12.8 Å². The molecule has 0 aromatic heterocycles. The lowest BCUT2D eigenvalue weighted by molar-refractivity contribution is 0.407. The summed E-state index contributed by atoms with van der Waals surface area (Å²) in [6.07, 6.45) is 0.647. The van der Waals surface area contributed by atoms with E-state index in [1.54, 1.807) is 7.11 Å². The first-order valence-electron chi connectivity index (χ1n) is 6.42. The molecule has 1 atom stereocenters. The second-order valence-electron chi connectivity index (χ2n) is 4.68. The fourth-order valence-corrected chi connectivity index (χ4v) is 2.22. The molecule has 2 rings (SSSR count). The summed E-state index contributed by atoms with van der Waals surface area (Å²) >= 11 is 0. The number of halogens is 2. The highest BCUT2D eigenvalue weighted by atomic mass is 19.1. The quantitative estimate of drug-likeness (QED) is 0.911. The molecule has 0 amide bonds. The van der Waals surface area contributed by atoms with E-state index in [0.29, 0.717) is 6.42 Å². The Bertz CT molecular complexity index is 566. The SMILES string of the molecule is COc1ccccc1CC(N)Cc1c(F)cccc1F. The first kappa shape index (κ1) is 14.5. The monoisotopic (exact) mass is 277 g/mol. The van der Waals surface area contributed by atoms with Crippen LogP contribution in [0.15, 0.2) is 42.5 Å². The molecule has 0 fully saturated rings. The molecular weight excluding hydrogens is 260 g/mol. The van der Waals surface area contributed by atoms with E-state index in [0.717, 1.165) is 11.3 Å². The predicted octanol–water partition coefficient (Wildman–Crippen LogP) is 3.09. The van der Waals surface area contributed by atoms with Crippen molar-refractivity contribution in [2.75, 3.05) is 7.11 Å². The molecule has 2 N–H and O–H groups in total. The van der Waals surface area contributed by atoms with Crippen LogP contribution in [0.5, 0.6) is 5.75 Å². The lowest BCUT2D eigenvalue weighted by atomic mass is 9.98. The Morgan fingerprint density at radius 3 is 2.30 bits per heavy atom. The average Bonchev–Trinajstić information content (AvgIpc) is 2.44. The number of benzene rings is 2. The number of para-hydroxylation sites is 1. The van der Waals surface area contributed by atoms with Crippen LogP contribution in [0.1, 0.15) is 11.1 Å². The summed E-state index contributed by atoms with van der Waals surface area (Å²) in [4.78, 5) is 0. The standard InChI is InChI=1S/C16H17F2NO/c1-20-16-8-3-2-5-11(16)9-12(19)10-13-14(17)6-4-7-15(13)18/h2-8,12H,9-10,19H2,1H3. The van der Waals surface area contributed by atoms with Crippen molar-refractivity contribution in [2.24, 2.45) is 5.73 Å². The lowest BCUT2D eigenvalue weighted by Crippen LogP contribution is -2.26. The molecule has 2 nitrogen and oxygen atoms in total. The number of ether oxygens (including phenoxy) is 1. The molecule has 0 spiro atoms. The number of rotatable bonds is 5. The molecule has 20 heavy (non-hydrogen) atoms. The van der Waals surface area contributed by atoms with Gasteiger partial charge in [-0.15, -0.1) is 0 Å².